The largest absolute Gasteiger partial charge is 0.351 e. The van der Waals surface area contributed by atoms with E-state index in [2.05, 4.69) is 26.6 Å². The van der Waals surface area contributed by atoms with E-state index in [1.807, 2.05) is 0 Å². The van der Waals surface area contributed by atoms with Gasteiger partial charge in [-0.2, -0.15) is 0 Å². The van der Waals surface area contributed by atoms with E-state index in [9.17, 15) is 9.18 Å². The van der Waals surface area contributed by atoms with Gasteiger partial charge in [-0.3, -0.25) is 4.79 Å². The number of rotatable bonds is 5. The van der Waals surface area contributed by atoms with E-state index in [4.69, 9.17) is 0 Å². The molecule has 2 N–H and O–H groups in total. The third-order valence-electron chi connectivity index (χ3n) is 3.89. The van der Waals surface area contributed by atoms with Crippen molar-refractivity contribution in [2.75, 3.05) is 13.1 Å². The van der Waals surface area contributed by atoms with Crippen LogP contribution < -0.4 is 10.6 Å². The first-order chi connectivity index (χ1) is 10.2. The van der Waals surface area contributed by atoms with Crippen LogP contribution in [0.4, 0.5) is 4.39 Å². The molecular formula is C16H22BrFN2O. The zero-order chi connectivity index (χ0) is 15.1. The number of amides is 1. The Labute approximate surface area is 133 Å². The highest BCUT2D eigenvalue weighted by Crippen LogP contribution is 2.20. The molecule has 0 aromatic heterocycles. The highest BCUT2D eigenvalue weighted by atomic mass is 79.9. The Morgan fingerprint density at radius 3 is 2.62 bits per heavy atom. The van der Waals surface area contributed by atoms with E-state index in [1.165, 1.54) is 44.6 Å². The lowest BCUT2D eigenvalue weighted by Crippen LogP contribution is -2.37. The van der Waals surface area contributed by atoms with Crippen molar-refractivity contribution in [1.29, 1.82) is 0 Å². The monoisotopic (exact) mass is 356 g/mol. The second-order valence-electron chi connectivity index (χ2n) is 5.50. The molecule has 0 saturated heterocycles. The average Bonchev–Trinajstić information content (AvgIpc) is 2.75. The van der Waals surface area contributed by atoms with Gasteiger partial charge in [0.15, 0.2) is 0 Å². The molecule has 0 aliphatic heterocycles. The molecule has 1 saturated carbocycles. The lowest BCUT2D eigenvalue weighted by molar-refractivity contribution is 0.0952. The number of carbonyl (C=O) groups excluding carboxylic acids is 1. The second-order valence-corrected chi connectivity index (χ2v) is 6.29. The van der Waals surface area contributed by atoms with Crippen molar-refractivity contribution in [3.8, 4) is 0 Å². The van der Waals surface area contributed by atoms with Gasteiger partial charge in [0.25, 0.3) is 5.91 Å². The van der Waals surface area contributed by atoms with Crippen molar-refractivity contribution < 1.29 is 9.18 Å². The van der Waals surface area contributed by atoms with Crippen molar-refractivity contribution in [3.63, 3.8) is 0 Å². The normalized spacial score (nSPS) is 16.5. The molecule has 1 aromatic rings. The first-order valence-corrected chi connectivity index (χ1v) is 8.43. The van der Waals surface area contributed by atoms with Gasteiger partial charge < -0.3 is 10.6 Å². The van der Waals surface area contributed by atoms with Gasteiger partial charge >= 0.3 is 0 Å². The van der Waals surface area contributed by atoms with Crippen LogP contribution in [0.2, 0.25) is 0 Å². The molecule has 1 aromatic carbocycles. The number of nitrogens with one attached hydrogen (secondary N) is 2. The van der Waals surface area contributed by atoms with E-state index in [0.717, 1.165) is 6.54 Å². The molecule has 1 fully saturated rings. The second kappa shape index (κ2) is 8.49. The Hall–Kier alpha value is -0.940. The molecule has 116 valence electrons. The molecule has 0 spiro atoms. The summed E-state index contributed by atoms with van der Waals surface area (Å²) in [6.07, 6.45) is 7.71. The number of hydrogen-bond donors (Lipinski definition) is 2. The third-order valence-corrected chi connectivity index (χ3v) is 4.70. The molecular weight excluding hydrogens is 335 g/mol. The van der Waals surface area contributed by atoms with Crippen LogP contribution in [0, 0.1) is 5.82 Å². The summed E-state index contributed by atoms with van der Waals surface area (Å²) in [4.78, 5) is 12.0. The van der Waals surface area contributed by atoms with Crippen LogP contribution in [0.15, 0.2) is 22.7 Å². The van der Waals surface area contributed by atoms with Crippen molar-refractivity contribution in [2.45, 2.75) is 44.6 Å². The number of hydrogen-bond acceptors (Lipinski definition) is 2. The third kappa shape index (κ3) is 5.08. The van der Waals surface area contributed by atoms with E-state index in [0.29, 0.717) is 18.2 Å². The van der Waals surface area contributed by atoms with E-state index >= 15 is 0 Å². The van der Waals surface area contributed by atoms with E-state index in [-0.39, 0.29) is 10.4 Å². The summed E-state index contributed by atoms with van der Waals surface area (Å²) in [5, 5.41) is 6.32. The van der Waals surface area contributed by atoms with Crippen molar-refractivity contribution in [2.24, 2.45) is 0 Å². The fourth-order valence-corrected chi connectivity index (χ4v) is 3.15. The predicted molar refractivity (Wildman–Crippen MR) is 85.9 cm³/mol. The van der Waals surface area contributed by atoms with Crippen LogP contribution in [0.25, 0.3) is 0 Å². The van der Waals surface area contributed by atoms with Crippen molar-refractivity contribution >= 4 is 21.8 Å². The lowest BCUT2D eigenvalue weighted by Gasteiger charge is -2.16. The molecule has 1 aliphatic carbocycles. The first kappa shape index (κ1) is 16.4. The maximum absolute atomic E-state index is 13.4. The summed E-state index contributed by atoms with van der Waals surface area (Å²) in [6, 6.07) is 5.06. The van der Waals surface area contributed by atoms with Gasteiger partial charge in [0.2, 0.25) is 0 Å². The van der Waals surface area contributed by atoms with Crippen LogP contribution in [-0.4, -0.2) is 25.0 Å². The van der Waals surface area contributed by atoms with Gasteiger partial charge in [0.05, 0.1) is 10.0 Å². The lowest BCUT2D eigenvalue weighted by atomic mass is 10.1. The van der Waals surface area contributed by atoms with Gasteiger partial charge in [0, 0.05) is 19.1 Å². The number of halogens is 2. The minimum atomic E-state index is -0.417. The predicted octanol–water partition coefficient (Wildman–Crippen LogP) is 3.63. The SMILES string of the molecule is O=C(NCCNC1CCCCCC1)c1cccc(F)c1Br. The smallest absolute Gasteiger partial charge is 0.252 e. The minimum absolute atomic E-state index is 0.222. The Kier molecular flexibility index (Phi) is 6.64. The average molecular weight is 357 g/mol. The van der Waals surface area contributed by atoms with Gasteiger partial charge in [-0.25, -0.2) is 4.39 Å². The molecule has 0 bridgehead atoms. The van der Waals surface area contributed by atoms with Gasteiger partial charge in [0.1, 0.15) is 5.82 Å². The van der Waals surface area contributed by atoms with E-state index < -0.39 is 5.82 Å². The summed E-state index contributed by atoms with van der Waals surface area (Å²) in [6.45, 7) is 1.31. The summed E-state index contributed by atoms with van der Waals surface area (Å²) in [7, 11) is 0. The summed E-state index contributed by atoms with van der Waals surface area (Å²) < 4.78 is 13.6. The number of carbonyl (C=O) groups is 1. The van der Waals surface area contributed by atoms with Crippen LogP contribution in [0.1, 0.15) is 48.9 Å². The van der Waals surface area contributed by atoms with Gasteiger partial charge in [-0.1, -0.05) is 31.7 Å². The Bertz CT molecular complexity index is 473. The zero-order valence-electron chi connectivity index (χ0n) is 12.1. The summed E-state index contributed by atoms with van der Waals surface area (Å²) >= 11 is 3.11. The van der Waals surface area contributed by atoms with Crippen LogP contribution in [0.3, 0.4) is 0 Å². The zero-order valence-corrected chi connectivity index (χ0v) is 13.7. The molecule has 0 heterocycles. The molecule has 1 aliphatic rings. The standard InChI is InChI=1S/C16H22BrFN2O/c17-15-13(8-5-9-14(15)18)16(21)20-11-10-19-12-6-3-1-2-4-7-12/h5,8-9,12,19H,1-4,6-7,10-11H2,(H,20,21). The number of benzene rings is 1. The highest BCUT2D eigenvalue weighted by molar-refractivity contribution is 9.10. The quantitative estimate of drug-likeness (QED) is 0.624. The fourth-order valence-electron chi connectivity index (χ4n) is 2.71. The maximum atomic E-state index is 13.4. The van der Waals surface area contributed by atoms with Crippen LogP contribution >= 0.6 is 15.9 Å². The summed E-state index contributed by atoms with van der Waals surface area (Å²) in [5.41, 5.74) is 0.337. The van der Waals surface area contributed by atoms with Crippen molar-refractivity contribution in [3.05, 3.63) is 34.1 Å². The molecule has 21 heavy (non-hydrogen) atoms. The Balaban J connectivity index is 1.73. The Morgan fingerprint density at radius 2 is 1.90 bits per heavy atom. The molecule has 1 amide bonds. The van der Waals surface area contributed by atoms with E-state index in [1.54, 1.807) is 12.1 Å². The summed E-state index contributed by atoms with van der Waals surface area (Å²) in [5.74, 6) is -0.664. The van der Waals surface area contributed by atoms with Crippen LogP contribution in [-0.2, 0) is 0 Å². The molecule has 0 radical (unpaired) electrons. The molecule has 0 unspecified atom stereocenters. The highest BCUT2D eigenvalue weighted by Gasteiger charge is 2.13. The minimum Gasteiger partial charge on any atom is -0.351 e. The molecule has 2 rings (SSSR count). The van der Waals surface area contributed by atoms with Gasteiger partial charge in [-0.05, 0) is 40.9 Å². The van der Waals surface area contributed by atoms with Gasteiger partial charge in [-0.15, -0.1) is 0 Å². The molecule has 3 nitrogen and oxygen atoms in total. The first-order valence-electron chi connectivity index (χ1n) is 7.64. The Morgan fingerprint density at radius 1 is 1.19 bits per heavy atom. The molecule has 5 heteroatoms. The van der Waals surface area contributed by atoms with Crippen molar-refractivity contribution in [1.82, 2.24) is 10.6 Å². The molecule has 0 atom stereocenters. The van der Waals surface area contributed by atoms with Crippen LogP contribution in [0.5, 0.6) is 0 Å². The maximum Gasteiger partial charge on any atom is 0.252 e. The fraction of sp³-hybridized carbons (Fsp3) is 0.562. The topological polar surface area (TPSA) is 41.1 Å².